The molecule has 0 fully saturated rings. The third-order valence-electron chi connectivity index (χ3n) is 2.92. The lowest BCUT2D eigenvalue weighted by Crippen LogP contribution is -2.00. The van der Waals surface area contributed by atoms with Gasteiger partial charge in [0.1, 0.15) is 11.8 Å². The molecule has 0 unspecified atom stereocenters. The fourth-order valence-electron chi connectivity index (χ4n) is 1.90. The molecule has 5 heteroatoms. The summed E-state index contributed by atoms with van der Waals surface area (Å²) < 4.78 is 5.66. The minimum Gasteiger partial charge on any atom is -0.476 e. The van der Waals surface area contributed by atoms with Crippen molar-refractivity contribution in [2.24, 2.45) is 0 Å². The third-order valence-corrected chi connectivity index (χ3v) is 2.92. The van der Waals surface area contributed by atoms with Gasteiger partial charge in [0.15, 0.2) is 5.65 Å². The SMILES string of the molecule is CCCCCCCCOc1ncnc2nc[nH]c12. The van der Waals surface area contributed by atoms with Crippen LogP contribution in [0.3, 0.4) is 0 Å². The molecule has 0 saturated carbocycles. The molecule has 0 amide bonds. The van der Waals surface area contributed by atoms with Crippen LogP contribution in [0.4, 0.5) is 0 Å². The van der Waals surface area contributed by atoms with Crippen LogP contribution in [0.5, 0.6) is 5.88 Å². The molecule has 0 aliphatic rings. The van der Waals surface area contributed by atoms with Crippen molar-refractivity contribution in [2.45, 2.75) is 45.4 Å². The second-order valence-electron chi connectivity index (χ2n) is 4.40. The van der Waals surface area contributed by atoms with Crippen molar-refractivity contribution in [3.8, 4) is 5.88 Å². The molecule has 2 heterocycles. The molecule has 2 aromatic heterocycles. The van der Waals surface area contributed by atoms with E-state index in [9.17, 15) is 0 Å². The Labute approximate surface area is 107 Å². The van der Waals surface area contributed by atoms with E-state index in [1.807, 2.05) is 0 Å². The lowest BCUT2D eigenvalue weighted by Gasteiger charge is -2.05. The van der Waals surface area contributed by atoms with Gasteiger partial charge >= 0.3 is 0 Å². The number of ether oxygens (including phenoxy) is 1. The molecule has 0 aromatic carbocycles. The summed E-state index contributed by atoms with van der Waals surface area (Å²) in [5.74, 6) is 0.603. The van der Waals surface area contributed by atoms with Crippen LogP contribution in [0.15, 0.2) is 12.7 Å². The number of hydrogen-bond acceptors (Lipinski definition) is 4. The van der Waals surface area contributed by atoms with Crippen LogP contribution in [0.25, 0.3) is 11.2 Å². The quantitative estimate of drug-likeness (QED) is 0.729. The first kappa shape index (κ1) is 12.8. The Hall–Kier alpha value is -1.65. The number of fused-ring (bicyclic) bond motifs is 1. The van der Waals surface area contributed by atoms with Crippen molar-refractivity contribution in [2.75, 3.05) is 6.61 Å². The normalized spacial score (nSPS) is 10.9. The molecule has 2 aromatic rings. The minimum atomic E-state index is 0.603. The molecular formula is C13H20N4O. The molecule has 18 heavy (non-hydrogen) atoms. The van der Waals surface area contributed by atoms with Crippen molar-refractivity contribution in [1.82, 2.24) is 19.9 Å². The van der Waals surface area contributed by atoms with Crippen molar-refractivity contribution < 1.29 is 4.74 Å². The van der Waals surface area contributed by atoms with Gasteiger partial charge in [0.25, 0.3) is 0 Å². The van der Waals surface area contributed by atoms with Crippen LogP contribution >= 0.6 is 0 Å². The molecule has 5 nitrogen and oxygen atoms in total. The first-order chi connectivity index (χ1) is 8.92. The lowest BCUT2D eigenvalue weighted by atomic mass is 10.1. The highest BCUT2D eigenvalue weighted by Gasteiger charge is 2.05. The van der Waals surface area contributed by atoms with Gasteiger partial charge in [-0.2, -0.15) is 4.98 Å². The van der Waals surface area contributed by atoms with Crippen LogP contribution in [0, 0.1) is 0 Å². The number of nitrogens with zero attached hydrogens (tertiary/aromatic N) is 3. The standard InChI is InChI=1S/C13H20N4O/c1-2-3-4-5-6-7-8-18-13-11-12(15-9-14-11)16-10-17-13/h9-10H,2-8H2,1H3,(H,14,15,16,17). The van der Waals surface area contributed by atoms with Gasteiger partial charge in [0, 0.05) is 0 Å². The van der Waals surface area contributed by atoms with E-state index in [2.05, 4.69) is 26.9 Å². The molecule has 1 N–H and O–H groups in total. The summed E-state index contributed by atoms with van der Waals surface area (Å²) in [6, 6.07) is 0. The fourth-order valence-corrected chi connectivity index (χ4v) is 1.90. The average molecular weight is 248 g/mol. The van der Waals surface area contributed by atoms with E-state index in [1.54, 1.807) is 6.33 Å². The van der Waals surface area contributed by atoms with Crippen molar-refractivity contribution in [1.29, 1.82) is 0 Å². The number of H-pyrrole nitrogens is 1. The maximum atomic E-state index is 5.66. The summed E-state index contributed by atoms with van der Waals surface area (Å²) in [6.07, 6.45) is 10.6. The first-order valence-corrected chi connectivity index (χ1v) is 6.68. The molecule has 0 aliphatic heterocycles. The molecule has 0 spiro atoms. The Bertz CT molecular complexity index is 469. The van der Waals surface area contributed by atoms with Crippen LogP contribution < -0.4 is 4.74 Å². The average Bonchev–Trinajstić information content (AvgIpc) is 2.86. The van der Waals surface area contributed by atoms with Gasteiger partial charge in [-0.3, -0.25) is 0 Å². The van der Waals surface area contributed by atoms with Gasteiger partial charge in [0.2, 0.25) is 5.88 Å². The maximum absolute atomic E-state index is 5.66. The maximum Gasteiger partial charge on any atom is 0.243 e. The Morgan fingerprint density at radius 1 is 1.06 bits per heavy atom. The Balaban J connectivity index is 1.72. The molecule has 0 saturated heterocycles. The number of aromatic nitrogens is 4. The smallest absolute Gasteiger partial charge is 0.243 e. The Kier molecular flexibility index (Phi) is 4.93. The van der Waals surface area contributed by atoms with Gasteiger partial charge in [-0.15, -0.1) is 0 Å². The number of nitrogens with one attached hydrogen (secondary N) is 1. The molecule has 0 bridgehead atoms. The van der Waals surface area contributed by atoms with Gasteiger partial charge in [-0.1, -0.05) is 39.0 Å². The summed E-state index contributed by atoms with van der Waals surface area (Å²) in [4.78, 5) is 15.2. The highest BCUT2D eigenvalue weighted by Crippen LogP contribution is 2.17. The number of rotatable bonds is 8. The first-order valence-electron chi connectivity index (χ1n) is 6.68. The zero-order valence-corrected chi connectivity index (χ0v) is 10.9. The van der Waals surface area contributed by atoms with Crippen LogP contribution in [-0.2, 0) is 0 Å². The van der Waals surface area contributed by atoms with Crippen molar-refractivity contribution >= 4 is 11.2 Å². The molecule has 0 atom stereocenters. The second kappa shape index (κ2) is 6.93. The number of imidazole rings is 1. The minimum absolute atomic E-state index is 0.603. The number of aromatic amines is 1. The molecule has 2 rings (SSSR count). The van der Waals surface area contributed by atoms with E-state index in [4.69, 9.17) is 4.74 Å². The van der Waals surface area contributed by atoms with Gasteiger partial charge in [-0.25, -0.2) is 9.97 Å². The van der Waals surface area contributed by atoms with Crippen molar-refractivity contribution in [3.05, 3.63) is 12.7 Å². The van der Waals surface area contributed by atoms with Crippen molar-refractivity contribution in [3.63, 3.8) is 0 Å². The van der Waals surface area contributed by atoms with E-state index >= 15 is 0 Å². The van der Waals surface area contributed by atoms with Gasteiger partial charge in [0.05, 0.1) is 12.9 Å². The highest BCUT2D eigenvalue weighted by atomic mass is 16.5. The summed E-state index contributed by atoms with van der Waals surface area (Å²) in [6.45, 7) is 2.94. The largest absolute Gasteiger partial charge is 0.476 e. The predicted molar refractivity (Wildman–Crippen MR) is 70.6 cm³/mol. The Morgan fingerprint density at radius 3 is 2.78 bits per heavy atom. The third kappa shape index (κ3) is 3.42. The Morgan fingerprint density at radius 2 is 1.89 bits per heavy atom. The zero-order valence-electron chi connectivity index (χ0n) is 10.9. The monoisotopic (exact) mass is 248 g/mol. The summed E-state index contributed by atoms with van der Waals surface area (Å²) in [5, 5.41) is 0. The van der Waals surface area contributed by atoms with Crippen LogP contribution in [-0.4, -0.2) is 26.5 Å². The topological polar surface area (TPSA) is 63.7 Å². The van der Waals surface area contributed by atoms with E-state index < -0.39 is 0 Å². The van der Waals surface area contributed by atoms with Gasteiger partial charge < -0.3 is 9.72 Å². The molecule has 98 valence electrons. The summed E-state index contributed by atoms with van der Waals surface area (Å²) in [7, 11) is 0. The van der Waals surface area contributed by atoms with Crippen LogP contribution in [0.2, 0.25) is 0 Å². The summed E-state index contributed by atoms with van der Waals surface area (Å²) >= 11 is 0. The fraction of sp³-hybridized carbons (Fsp3) is 0.615. The van der Waals surface area contributed by atoms with E-state index in [1.165, 1.54) is 38.4 Å². The molecule has 0 aliphatic carbocycles. The molecular weight excluding hydrogens is 228 g/mol. The zero-order chi connectivity index (χ0) is 12.6. The number of unbranched alkanes of at least 4 members (excludes halogenated alkanes) is 5. The predicted octanol–water partition coefficient (Wildman–Crippen LogP) is 3.09. The van der Waals surface area contributed by atoms with E-state index in [0.29, 0.717) is 18.1 Å². The second-order valence-corrected chi connectivity index (χ2v) is 4.40. The highest BCUT2D eigenvalue weighted by molar-refractivity contribution is 5.74. The number of hydrogen-bond donors (Lipinski definition) is 1. The van der Waals surface area contributed by atoms with Gasteiger partial charge in [-0.05, 0) is 6.42 Å². The van der Waals surface area contributed by atoms with Crippen LogP contribution in [0.1, 0.15) is 45.4 Å². The summed E-state index contributed by atoms with van der Waals surface area (Å²) in [5.41, 5.74) is 1.44. The van der Waals surface area contributed by atoms with E-state index in [-0.39, 0.29) is 0 Å². The van der Waals surface area contributed by atoms with E-state index in [0.717, 1.165) is 11.9 Å². The lowest BCUT2D eigenvalue weighted by molar-refractivity contribution is 0.296. The molecule has 0 radical (unpaired) electrons.